The lowest BCUT2D eigenvalue weighted by molar-refractivity contribution is -0.136. The van der Waals surface area contributed by atoms with Crippen LogP contribution in [0.15, 0.2) is 6.20 Å². The van der Waals surface area contributed by atoms with E-state index >= 15 is 0 Å². The molecular weight excluding hydrogens is 198 g/mol. The fourth-order valence-corrected chi connectivity index (χ4v) is 1.25. The molecule has 0 saturated carbocycles. The van der Waals surface area contributed by atoms with Crippen molar-refractivity contribution in [2.45, 2.75) is 32.2 Å². The summed E-state index contributed by atoms with van der Waals surface area (Å²) in [4.78, 5) is 10.4. The number of aliphatic carboxylic acids is 1. The number of carboxylic acids is 1. The third-order valence-electron chi connectivity index (χ3n) is 1.96. The van der Waals surface area contributed by atoms with E-state index in [-0.39, 0.29) is 13.0 Å². The molecule has 84 valence electrons. The molecule has 0 spiro atoms. The molecule has 1 heterocycles. The van der Waals surface area contributed by atoms with Crippen LogP contribution in [0.4, 0.5) is 0 Å². The molecule has 15 heavy (non-hydrogen) atoms. The minimum atomic E-state index is -0.901. The maximum absolute atomic E-state index is 10.4. The van der Waals surface area contributed by atoms with Crippen LogP contribution >= 0.6 is 0 Å². The summed E-state index contributed by atoms with van der Waals surface area (Å²) < 4.78 is 1.63. The average molecular weight is 213 g/mol. The second kappa shape index (κ2) is 6.13. The van der Waals surface area contributed by atoms with Crippen molar-refractivity contribution in [2.24, 2.45) is 0 Å². The first kappa shape index (κ1) is 11.6. The molecule has 1 aromatic rings. The van der Waals surface area contributed by atoms with Gasteiger partial charge < -0.3 is 10.2 Å². The molecular formula is C9H15N3O3. The molecule has 0 fully saturated rings. The van der Waals surface area contributed by atoms with Crippen molar-refractivity contribution in [3.63, 3.8) is 0 Å². The Morgan fingerprint density at radius 3 is 2.87 bits per heavy atom. The minimum absolute atomic E-state index is 0.0867. The van der Waals surface area contributed by atoms with Gasteiger partial charge in [-0.3, -0.25) is 9.48 Å². The molecule has 0 atom stereocenters. The predicted octanol–water partition coefficient (Wildman–Crippen LogP) is 0.0678. The van der Waals surface area contributed by atoms with Crippen LogP contribution in [0.5, 0.6) is 0 Å². The third-order valence-corrected chi connectivity index (χ3v) is 1.96. The van der Waals surface area contributed by atoms with Crippen molar-refractivity contribution in [1.82, 2.24) is 15.0 Å². The van der Waals surface area contributed by atoms with Gasteiger partial charge in [0.1, 0.15) is 0 Å². The van der Waals surface area contributed by atoms with Crippen LogP contribution in [0.2, 0.25) is 0 Å². The van der Waals surface area contributed by atoms with Gasteiger partial charge in [-0.15, -0.1) is 5.10 Å². The van der Waals surface area contributed by atoms with Gasteiger partial charge in [0.25, 0.3) is 0 Å². The number of hydrogen-bond donors (Lipinski definition) is 2. The first-order valence-electron chi connectivity index (χ1n) is 4.94. The Hall–Kier alpha value is -1.43. The fraction of sp³-hybridized carbons (Fsp3) is 0.667. The van der Waals surface area contributed by atoms with E-state index in [0.29, 0.717) is 12.2 Å². The molecule has 6 nitrogen and oxygen atoms in total. The second-order valence-electron chi connectivity index (χ2n) is 3.33. The standard InChI is InChI=1S/C9H15N3O3/c13-5-3-1-2-4-12-7-8(10-11-12)6-9(14)15/h7,13H,1-6H2,(H,14,15). The van der Waals surface area contributed by atoms with Gasteiger partial charge >= 0.3 is 5.97 Å². The number of aliphatic hydroxyl groups excluding tert-OH is 1. The molecule has 0 saturated heterocycles. The summed E-state index contributed by atoms with van der Waals surface area (Å²) in [7, 11) is 0. The summed E-state index contributed by atoms with van der Waals surface area (Å²) >= 11 is 0. The molecule has 0 aliphatic rings. The maximum Gasteiger partial charge on any atom is 0.309 e. The highest BCUT2D eigenvalue weighted by atomic mass is 16.4. The fourth-order valence-electron chi connectivity index (χ4n) is 1.25. The summed E-state index contributed by atoms with van der Waals surface area (Å²) in [5.74, 6) is -0.901. The number of aryl methyl sites for hydroxylation is 1. The van der Waals surface area contributed by atoms with Crippen LogP contribution in [-0.4, -0.2) is 37.8 Å². The molecule has 0 bridgehead atoms. The zero-order chi connectivity index (χ0) is 11.1. The van der Waals surface area contributed by atoms with Crippen molar-refractivity contribution >= 4 is 5.97 Å². The smallest absolute Gasteiger partial charge is 0.309 e. The van der Waals surface area contributed by atoms with E-state index in [0.717, 1.165) is 19.3 Å². The Balaban J connectivity index is 2.29. The second-order valence-corrected chi connectivity index (χ2v) is 3.33. The molecule has 1 aromatic heterocycles. The Morgan fingerprint density at radius 1 is 1.40 bits per heavy atom. The number of aromatic nitrogens is 3. The highest BCUT2D eigenvalue weighted by Crippen LogP contribution is 1.99. The topological polar surface area (TPSA) is 88.2 Å². The summed E-state index contributed by atoms with van der Waals surface area (Å²) in [5.41, 5.74) is 0.477. The normalized spacial score (nSPS) is 10.5. The molecule has 0 aliphatic carbocycles. The highest BCUT2D eigenvalue weighted by molar-refractivity contribution is 5.69. The summed E-state index contributed by atoms with van der Waals surface area (Å²) in [5, 5.41) is 24.6. The summed E-state index contributed by atoms with van der Waals surface area (Å²) in [6.45, 7) is 0.925. The molecule has 0 radical (unpaired) electrons. The lowest BCUT2D eigenvalue weighted by atomic mass is 10.2. The minimum Gasteiger partial charge on any atom is -0.481 e. The van der Waals surface area contributed by atoms with Crippen LogP contribution in [0.1, 0.15) is 25.0 Å². The first-order chi connectivity index (χ1) is 7.22. The van der Waals surface area contributed by atoms with Crippen molar-refractivity contribution in [1.29, 1.82) is 0 Å². The van der Waals surface area contributed by atoms with Crippen molar-refractivity contribution in [3.05, 3.63) is 11.9 Å². The van der Waals surface area contributed by atoms with Crippen molar-refractivity contribution < 1.29 is 15.0 Å². The van der Waals surface area contributed by atoms with E-state index in [9.17, 15) is 4.79 Å². The zero-order valence-corrected chi connectivity index (χ0v) is 8.46. The van der Waals surface area contributed by atoms with Crippen LogP contribution in [0.3, 0.4) is 0 Å². The lowest BCUT2D eigenvalue weighted by Crippen LogP contribution is -2.00. The van der Waals surface area contributed by atoms with Crippen molar-refractivity contribution in [2.75, 3.05) is 6.61 Å². The van der Waals surface area contributed by atoms with Crippen LogP contribution in [-0.2, 0) is 17.8 Å². The Kier molecular flexibility index (Phi) is 4.76. The van der Waals surface area contributed by atoms with E-state index in [4.69, 9.17) is 10.2 Å². The van der Waals surface area contributed by atoms with E-state index in [1.165, 1.54) is 0 Å². The Morgan fingerprint density at radius 2 is 2.20 bits per heavy atom. The third kappa shape index (κ3) is 4.55. The molecule has 6 heteroatoms. The number of nitrogens with zero attached hydrogens (tertiary/aromatic N) is 3. The molecule has 0 aromatic carbocycles. The van der Waals surface area contributed by atoms with E-state index in [1.807, 2.05) is 0 Å². The van der Waals surface area contributed by atoms with E-state index < -0.39 is 5.97 Å². The average Bonchev–Trinajstić information content (AvgIpc) is 2.59. The van der Waals surface area contributed by atoms with Gasteiger partial charge in [0.2, 0.25) is 0 Å². The van der Waals surface area contributed by atoms with Gasteiger partial charge in [0.05, 0.1) is 12.1 Å². The van der Waals surface area contributed by atoms with Gasteiger partial charge in [-0.25, -0.2) is 0 Å². The summed E-state index contributed by atoms with van der Waals surface area (Å²) in [6, 6.07) is 0. The van der Waals surface area contributed by atoms with Crippen LogP contribution in [0, 0.1) is 0 Å². The van der Waals surface area contributed by atoms with E-state index in [1.54, 1.807) is 10.9 Å². The van der Waals surface area contributed by atoms with E-state index in [2.05, 4.69) is 10.3 Å². The molecule has 1 rings (SSSR count). The Bertz CT molecular complexity index is 311. The first-order valence-corrected chi connectivity index (χ1v) is 4.94. The number of unbranched alkanes of at least 4 members (excludes halogenated alkanes) is 2. The monoisotopic (exact) mass is 213 g/mol. The largest absolute Gasteiger partial charge is 0.481 e. The predicted molar refractivity (Wildman–Crippen MR) is 52.3 cm³/mol. The van der Waals surface area contributed by atoms with Crippen LogP contribution < -0.4 is 0 Å². The highest BCUT2D eigenvalue weighted by Gasteiger charge is 2.04. The zero-order valence-electron chi connectivity index (χ0n) is 8.46. The lowest BCUT2D eigenvalue weighted by Gasteiger charge is -1.98. The molecule has 2 N–H and O–H groups in total. The Labute approximate surface area is 87.5 Å². The van der Waals surface area contributed by atoms with Gasteiger partial charge in [-0.1, -0.05) is 5.21 Å². The number of carboxylic acid groups (broad SMARTS) is 1. The van der Waals surface area contributed by atoms with Gasteiger partial charge in [-0.05, 0) is 19.3 Å². The number of rotatable bonds is 7. The van der Waals surface area contributed by atoms with Crippen LogP contribution in [0.25, 0.3) is 0 Å². The maximum atomic E-state index is 10.4. The number of hydrogen-bond acceptors (Lipinski definition) is 4. The van der Waals surface area contributed by atoms with Gasteiger partial charge in [0.15, 0.2) is 0 Å². The molecule has 0 unspecified atom stereocenters. The van der Waals surface area contributed by atoms with Crippen molar-refractivity contribution in [3.8, 4) is 0 Å². The van der Waals surface area contributed by atoms with Gasteiger partial charge in [-0.2, -0.15) is 0 Å². The SMILES string of the molecule is O=C(O)Cc1cn(CCCCCO)nn1. The molecule has 0 aliphatic heterocycles. The molecule has 0 amide bonds. The number of carbonyl (C=O) groups is 1. The quantitative estimate of drug-likeness (QED) is 0.625. The van der Waals surface area contributed by atoms with Gasteiger partial charge in [0, 0.05) is 19.3 Å². The number of aliphatic hydroxyl groups is 1. The summed E-state index contributed by atoms with van der Waals surface area (Å²) in [6.07, 6.45) is 4.20.